The number of methoxy groups -OCH3 is 1. The molecule has 0 aliphatic rings. The second-order valence-corrected chi connectivity index (χ2v) is 6.20. The van der Waals surface area contributed by atoms with E-state index in [1.807, 2.05) is 19.1 Å². The smallest absolute Gasteiger partial charge is 0.191 e. The van der Waals surface area contributed by atoms with E-state index >= 15 is 0 Å². The molecule has 0 aliphatic carbocycles. The largest absolute Gasteiger partial charge is 0.508 e. The molecule has 0 amide bonds. The highest BCUT2D eigenvalue weighted by atomic mass is 127. The van der Waals surface area contributed by atoms with Gasteiger partial charge in [-0.15, -0.1) is 24.0 Å². The SMILES string of the molecule is CCC(CNC(=NC)NCCc1ccc(OC)cc1O)Oc1ccccc1F.I. The van der Waals surface area contributed by atoms with Gasteiger partial charge in [-0.25, -0.2) is 4.39 Å². The van der Waals surface area contributed by atoms with Crippen LogP contribution in [0.4, 0.5) is 4.39 Å². The third-order valence-electron chi connectivity index (χ3n) is 4.29. The first-order valence-corrected chi connectivity index (χ1v) is 9.29. The summed E-state index contributed by atoms with van der Waals surface area (Å²) in [5.74, 6) is 1.31. The fraction of sp³-hybridized carbons (Fsp3) is 0.381. The van der Waals surface area contributed by atoms with Crippen LogP contribution >= 0.6 is 24.0 Å². The van der Waals surface area contributed by atoms with Crippen molar-refractivity contribution >= 4 is 29.9 Å². The first kappa shape index (κ1) is 24.8. The summed E-state index contributed by atoms with van der Waals surface area (Å²) in [7, 11) is 3.24. The third kappa shape index (κ3) is 7.96. The zero-order chi connectivity index (χ0) is 20.4. The van der Waals surface area contributed by atoms with Crippen LogP contribution in [-0.2, 0) is 6.42 Å². The van der Waals surface area contributed by atoms with Gasteiger partial charge in [0.25, 0.3) is 0 Å². The molecule has 0 aromatic heterocycles. The van der Waals surface area contributed by atoms with E-state index in [1.165, 1.54) is 6.07 Å². The summed E-state index contributed by atoms with van der Waals surface area (Å²) in [5.41, 5.74) is 0.818. The zero-order valence-corrected chi connectivity index (χ0v) is 19.3. The number of halogens is 2. The lowest BCUT2D eigenvalue weighted by Gasteiger charge is -2.20. The Labute approximate surface area is 188 Å². The van der Waals surface area contributed by atoms with Crippen molar-refractivity contribution in [3.8, 4) is 17.2 Å². The van der Waals surface area contributed by atoms with Gasteiger partial charge in [-0.2, -0.15) is 0 Å². The molecule has 0 fully saturated rings. The van der Waals surface area contributed by atoms with Crippen molar-refractivity contribution in [1.29, 1.82) is 0 Å². The number of nitrogens with zero attached hydrogens (tertiary/aromatic N) is 1. The van der Waals surface area contributed by atoms with Crippen molar-refractivity contribution in [2.24, 2.45) is 4.99 Å². The first-order valence-electron chi connectivity index (χ1n) is 9.29. The molecule has 0 aliphatic heterocycles. The summed E-state index contributed by atoms with van der Waals surface area (Å²) in [6, 6.07) is 11.6. The molecule has 2 aromatic rings. The Balaban J connectivity index is 0.00000420. The van der Waals surface area contributed by atoms with Crippen LogP contribution in [0, 0.1) is 5.82 Å². The first-order chi connectivity index (χ1) is 13.6. The fourth-order valence-corrected chi connectivity index (χ4v) is 2.62. The van der Waals surface area contributed by atoms with E-state index in [-0.39, 0.29) is 47.4 Å². The van der Waals surface area contributed by atoms with Gasteiger partial charge in [0.2, 0.25) is 0 Å². The quantitative estimate of drug-likeness (QED) is 0.269. The second kappa shape index (κ2) is 13.1. The summed E-state index contributed by atoms with van der Waals surface area (Å²) in [4.78, 5) is 4.18. The lowest BCUT2D eigenvalue weighted by atomic mass is 10.1. The highest BCUT2D eigenvalue weighted by molar-refractivity contribution is 14.0. The number of aliphatic imine (C=N–C) groups is 1. The molecule has 0 heterocycles. The zero-order valence-electron chi connectivity index (χ0n) is 16.9. The normalized spacial score (nSPS) is 11.9. The highest BCUT2D eigenvalue weighted by Crippen LogP contribution is 2.23. The van der Waals surface area contributed by atoms with Crippen LogP contribution in [0.5, 0.6) is 17.2 Å². The molecule has 8 heteroatoms. The average Bonchev–Trinajstić information content (AvgIpc) is 2.71. The number of rotatable bonds is 9. The number of para-hydroxylation sites is 1. The number of guanidine groups is 1. The van der Waals surface area contributed by atoms with E-state index in [0.717, 1.165) is 12.0 Å². The van der Waals surface area contributed by atoms with Crippen molar-refractivity contribution in [2.45, 2.75) is 25.9 Å². The molecular formula is C21H29FIN3O3. The van der Waals surface area contributed by atoms with E-state index < -0.39 is 0 Å². The summed E-state index contributed by atoms with van der Waals surface area (Å²) in [6.45, 7) is 3.05. The molecule has 1 atom stereocenters. The van der Waals surface area contributed by atoms with Crippen LogP contribution in [0.3, 0.4) is 0 Å². The number of benzene rings is 2. The number of nitrogens with one attached hydrogen (secondary N) is 2. The van der Waals surface area contributed by atoms with E-state index in [0.29, 0.717) is 31.2 Å². The highest BCUT2D eigenvalue weighted by Gasteiger charge is 2.12. The molecule has 0 saturated heterocycles. The molecule has 0 bridgehead atoms. The van der Waals surface area contributed by atoms with Gasteiger partial charge in [0.05, 0.1) is 13.7 Å². The molecule has 0 spiro atoms. The minimum absolute atomic E-state index is 0. The molecule has 0 radical (unpaired) electrons. The summed E-state index contributed by atoms with van der Waals surface area (Å²) in [5, 5.41) is 16.4. The topological polar surface area (TPSA) is 75.1 Å². The molecule has 29 heavy (non-hydrogen) atoms. The molecule has 2 rings (SSSR count). The van der Waals surface area contributed by atoms with Crippen molar-refractivity contribution < 1.29 is 19.0 Å². The van der Waals surface area contributed by atoms with Gasteiger partial charge in [0.15, 0.2) is 17.5 Å². The standard InChI is InChI=1S/C21H28FN3O3.HI/c1-4-16(28-20-8-6-5-7-18(20)22)14-25-21(23-2)24-12-11-15-9-10-17(27-3)13-19(15)26;/h5-10,13,16,26H,4,11-12,14H2,1-3H3,(H2,23,24,25);1H. The predicted molar refractivity (Wildman–Crippen MR) is 124 cm³/mol. The third-order valence-corrected chi connectivity index (χ3v) is 4.29. The maximum absolute atomic E-state index is 13.7. The molecule has 0 saturated carbocycles. The van der Waals surface area contributed by atoms with Crippen molar-refractivity contribution in [2.75, 3.05) is 27.2 Å². The average molecular weight is 517 g/mol. The number of phenolic OH excluding ortho intramolecular Hbond substituents is 1. The van der Waals surface area contributed by atoms with Gasteiger partial charge in [0, 0.05) is 19.7 Å². The Morgan fingerprint density at radius 3 is 2.59 bits per heavy atom. The molecule has 2 aromatic carbocycles. The molecule has 1 unspecified atom stereocenters. The number of hydrogen-bond donors (Lipinski definition) is 3. The minimum atomic E-state index is -0.372. The molecule has 3 N–H and O–H groups in total. The van der Waals surface area contributed by atoms with Crippen LogP contribution in [0.2, 0.25) is 0 Å². The Morgan fingerprint density at radius 1 is 1.21 bits per heavy atom. The number of aromatic hydroxyl groups is 1. The van der Waals surface area contributed by atoms with Crippen LogP contribution in [0.15, 0.2) is 47.5 Å². The number of phenols is 1. The predicted octanol–water partition coefficient (Wildman–Crippen LogP) is 3.72. The van der Waals surface area contributed by atoms with Crippen molar-refractivity contribution in [3.63, 3.8) is 0 Å². The van der Waals surface area contributed by atoms with Gasteiger partial charge in [-0.3, -0.25) is 4.99 Å². The fourth-order valence-electron chi connectivity index (χ4n) is 2.62. The minimum Gasteiger partial charge on any atom is -0.508 e. The van der Waals surface area contributed by atoms with Crippen LogP contribution in [0.25, 0.3) is 0 Å². The van der Waals surface area contributed by atoms with Gasteiger partial charge in [-0.05, 0) is 36.6 Å². The summed E-state index contributed by atoms with van der Waals surface area (Å²) in [6.07, 6.45) is 1.15. The molecule has 160 valence electrons. The lowest BCUT2D eigenvalue weighted by Crippen LogP contribution is -2.43. The van der Waals surface area contributed by atoms with E-state index in [1.54, 1.807) is 38.4 Å². The summed E-state index contributed by atoms with van der Waals surface area (Å²) >= 11 is 0. The maximum atomic E-state index is 13.7. The van der Waals surface area contributed by atoms with Crippen molar-refractivity contribution in [3.05, 3.63) is 53.8 Å². The van der Waals surface area contributed by atoms with E-state index in [9.17, 15) is 9.50 Å². The Bertz CT molecular complexity index is 790. The maximum Gasteiger partial charge on any atom is 0.191 e. The Morgan fingerprint density at radius 2 is 1.97 bits per heavy atom. The second-order valence-electron chi connectivity index (χ2n) is 6.20. The van der Waals surface area contributed by atoms with Crippen molar-refractivity contribution in [1.82, 2.24) is 10.6 Å². The van der Waals surface area contributed by atoms with Crippen LogP contribution < -0.4 is 20.1 Å². The monoisotopic (exact) mass is 517 g/mol. The molecule has 6 nitrogen and oxygen atoms in total. The lowest BCUT2D eigenvalue weighted by molar-refractivity contribution is 0.191. The van der Waals surface area contributed by atoms with E-state index in [2.05, 4.69) is 15.6 Å². The van der Waals surface area contributed by atoms with Crippen LogP contribution in [0.1, 0.15) is 18.9 Å². The van der Waals surface area contributed by atoms with Gasteiger partial charge < -0.3 is 25.2 Å². The van der Waals surface area contributed by atoms with Gasteiger partial charge in [0.1, 0.15) is 17.6 Å². The number of ether oxygens (including phenoxy) is 2. The number of hydrogen-bond acceptors (Lipinski definition) is 4. The van der Waals surface area contributed by atoms with Gasteiger partial charge >= 0.3 is 0 Å². The Hall–Kier alpha value is -2.23. The molecular weight excluding hydrogens is 488 g/mol. The summed E-state index contributed by atoms with van der Waals surface area (Å²) < 4.78 is 24.6. The Kier molecular flexibility index (Phi) is 11.2. The van der Waals surface area contributed by atoms with Gasteiger partial charge in [-0.1, -0.05) is 25.1 Å². The van der Waals surface area contributed by atoms with E-state index in [4.69, 9.17) is 9.47 Å². The van der Waals surface area contributed by atoms with Crippen LogP contribution in [-0.4, -0.2) is 44.4 Å².